The fourth-order valence-corrected chi connectivity index (χ4v) is 1.72. The topological polar surface area (TPSA) is 75.3 Å². The summed E-state index contributed by atoms with van der Waals surface area (Å²) in [7, 11) is 0. The van der Waals surface area contributed by atoms with Gasteiger partial charge in [-0.15, -0.1) is 0 Å². The molecule has 0 spiro atoms. The lowest BCUT2D eigenvalue weighted by molar-refractivity contribution is 0.371. The first-order valence-corrected chi connectivity index (χ1v) is 6.73. The summed E-state index contributed by atoms with van der Waals surface area (Å²) in [6.07, 6.45) is 0. The Labute approximate surface area is 122 Å². The largest absolute Gasteiger partial charge is 0.357 e. The quantitative estimate of drug-likeness (QED) is 0.648. The maximum atomic E-state index is 13.1. The van der Waals surface area contributed by atoms with Crippen molar-refractivity contribution >= 4 is 5.96 Å². The third-order valence-electron chi connectivity index (χ3n) is 2.63. The minimum atomic E-state index is -0.262. The second-order valence-corrected chi connectivity index (χ2v) is 4.41. The van der Waals surface area contributed by atoms with E-state index in [0.717, 1.165) is 12.1 Å². The highest BCUT2D eigenvalue weighted by Crippen LogP contribution is 2.04. The van der Waals surface area contributed by atoms with Crippen LogP contribution >= 0.6 is 0 Å². The molecule has 1 aromatic carbocycles. The molecule has 2 N–H and O–H groups in total. The van der Waals surface area contributed by atoms with Crippen LogP contribution in [0.4, 0.5) is 4.39 Å². The molecule has 6 nitrogen and oxygen atoms in total. The maximum Gasteiger partial charge on any atom is 0.246 e. The molecule has 0 bridgehead atoms. The minimum absolute atomic E-state index is 0.262. The highest BCUT2D eigenvalue weighted by molar-refractivity contribution is 5.79. The molecule has 0 atom stereocenters. The fraction of sp³-hybridized carbons (Fsp3) is 0.357. The number of hydrogen-bond acceptors (Lipinski definition) is 4. The van der Waals surface area contributed by atoms with E-state index in [9.17, 15) is 4.39 Å². The van der Waals surface area contributed by atoms with Crippen molar-refractivity contribution in [3.05, 3.63) is 47.4 Å². The predicted molar refractivity (Wildman–Crippen MR) is 77.1 cm³/mol. The molecule has 1 heterocycles. The van der Waals surface area contributed by atoms with Crippen LogP contribution in [-0.4, -0.2) is 22.6 Å². The summed E-state index contributed by atoms with van der Waals surface area (Å²) < 4.78 is 18.1. The van der Waals surface area contributed by atoms with E-state index in [0.29, 0.717) is 30.8 Å². The van der Waals surface area contributed by atoms with Crippen LogP contribution in [0.5, 0.6) is 0 Å². The van der Waals surface area contributed by atoms with Gasteiger partial charge in [0.1, 0.15) is 5.82 Å². The number of aromatic nitrogens is 2. The number of aryl methyl sites for hydroxylation is 1. The summed E-state index contributed by atoms with van der Waals surface area (Å²) in [6, 6.07) is 6.38. The third kappa shape index (κ3) is 4.87. The lowest BCUT2D eigenvalue weighted by Gasteiger charge is -2.09. The summed E-state index contributed by atoms with van der Waals surface area (Å²) in [5.41, 5.74) is 0.806. The van der Waals surface area contributed by atoms with E-state index in [1.165, 1.54) is 12.1 Å². The summed E-state index contributed by atoms with van der Waals surface area (Å²) in [4.78, 5) is 8.48. The zero-order valence-electron chi connectivity index (χ0n) is 12.1. The van der Waals surface area contributed by atoms with E-state index in [4.69, 9.17) is 4.52 Å². The molecule has 7 heteroatoms. The summed E-state index contributed by atoms with van der Waals surface area (Å²) in [5, 5.41) is 9.90. The number of hydrogen-bond donors (Lipinski definition) is 2. The van der Waals surface area contributed by atoms with Crippen LogP contribution in [0.25, 0.3) is 0 Å². The summed E-state index contributed by atoms with van der Waals surface area (Å²) in [5.74, 6) is 1.43. The summed E-state index contributed by atoms with van der Waals surface area (Å²) in [6.45, 7) is 5.22. The molecule has 0 saturated carbocycles. The maximum absolute atomic E-state index is 13.1. The Kier molecular flexibility index (Phi) is 5.25. The van der Waals surface area contributed by atoms with Gasteiger partial charge in [-0.2, -0.15) is 4.98 Å². The van der Waals surface area contributed by atoms with E-state index in [-0.39, 0.29) is 5.82 Å². The van der Waals surface area contributed by atoms with Gasteiger partial charge in [0.15, 0.2) is 11.8 Å². The van der Waals surface area contributed by atoms with Crippen LogP contribution in [0.1, 0.15) is 24.2 Å². The van der Waals surface area contributed by atoms with Gasteiger partial charge in [0.25, 0.3) is 0 Å². The number of nitrogens with zero attached hydrogens (tertiary/aromatic N) is 3. The van der Waals surface area contributed by atoms with Gasteiger partial charge < -0.3 is 15.2 Å². The molecule has 0 aliphatic heterocycles. The first-order chi connectivity index (χ1) is 10.2. The Morgan fingerprint density at radius 2 is 2.24 bits per heavy atom. The molecule has 0 fully saturated rings. The Balaban J connectivity index is 1.95. The lowest BCUT2D eigenvalue weighted by Crippen LogP contribution is -2.36. The molecular weight excluding hydrogens is 273 g/mol. The van der Waals surface area contributed by atoms with Crippen molar-refractivity contribution in [3.8, 4) is 0 Å². The molecule has 2 rings (SSSR count). The molecule has 21 heavy (non-hydrogen) atoms. The van der Waals surface area contributed by atoms with Gasteiger partial charge >= 0.3 is 0 Å². The van der Waals surface area contributed by atoms with Crippen molar-refractivity contribution in [1.29, 1.82) is 0 Å². The van der Waals surface area contributed by atoms with Crippen molar-refractivity contribution < 1.29 is 8.91 Å². The fourth-order valence-electron chi connectivity index (χ4n) is 1.72. The number of benzene rings is 1. The Morgan fingerprint density at radius 3 is 2.90 bits per heavy atom. The van der Waals surface area contributed by atoms with Gasteiger partial charge in [-0.25, -0.2) is 9.38 Å². The average molecular weight is 291 g/mol. The third-order valence-corrected chi connectivity index (χ3v) is 2.63. The van der Waals surface area contributed by atoms with Crippen LogP contribution in [0.15, 0.2) is 33.8 Å². The van der Waals surface area contributed by atoms with Crippen LogP contribution in [0.2, 0.25) is 0 Å². The number of nitrogens with one attached hydrogen (secondary N) is 2. The van der Waals surface area contributed by atoms with E-state index in [2.05, 4.69) is 25.8 Å². The minimum Gasteiger partial charge on any atom is -0.357 e. The molecule has 2 aromatic rings. The van der Waals surface area contributed by atoms with Crippen molar-refractivity contribution in [2.75, 3.05) is 6.54 Å². The number of aliphatic imine (C=N–C) groups is 1. The number of guanidine groups is 1. The van der Waals surface area contributed by atoms with Gasteiger partial charge in [-0.05, 0) is 31.5 Å². The second-order valence-electron chi connectivity index (χ2n) is 4.41. The first-order valence-electron chi connectivity index (χ1n) is 6.73. The Hall–Kier alpha value is -2.44. The predicted octanol–water partition coefficient (Wildman–Crippen LogP) is 1.77. The molecule has 0 radical (unpaired) electrons. The van der Waals surface area contributed by atoms with Crippen molar-refractivity contribution in [2.45, 2.75) is 26.9 Å². The molecule has 0 amide bonds. The number of halogens is 1. The standard InChI is InChI=1S/C14H18FN5O/c1-3-16-14(18-9-13-19-10(2)20-21-13)17-8-11-5-4-6-12(15)7-11/h4-7H,3,8-9H2,1-2H3,(H2,16,17,18). The van der Waals surface area contributed by atoms with Crippen LogP contribution in [-0.2, 0) is 13.1 Å². The van der Waals surface area contributed by atoms with E-state index >= 15 is 0 Å². The highest BCUT2D eigenvalue weighted by atomic mass is 19.1. The van der Waals surface area contributed by atoms with Crippen molar-refractivity contribution in [2.24, 2.45) is 4.99 Å². The molecular formula is C14H18FN5O. The smallest absolute Gasteiger partial charge is 0.246 e. The van der Waals surface area contributed by atoms with Gasteiger partial charge in [0, 0.05) is 6.54 Å². The monoisotopic (exact) mass is 291 g/mol. The van der Waals surface area contributed by atoms with Gasteiger partial charge in [-0.1, -0.05) is 17.3 Å². The van der Waals surface area contributed by atoms with Crippen molar-refractivity contribution in [3.63, 3.8) is 0 Å². The SMILES string of the molecule is CCNC(=NCc1cccc(F)c1)NCc1nc(C)no1. The Morgan fingerprint density at radius 1 is 1.38 bits per heavy atom. The first kappa shape index (κ1) is 15.0. The van der Waals surface area contributed by atoms with Crippen LogP contribution in [0, 0.1) is 12.7 Å². The lowest BCUT2D eigenvalue weighted by atomic mass is 10.2. The van der Waals surface area contributed by atoms with Crippen LogP contribution in [0.3, 0.4) is 0 Å². The molecule has 1 aromatic heterocycles. The van der Waals surface area contributed by atoms with E-state index < -0.39 is 0 Å². The van der Waals surface area contributed by atoms with E-state index in [1.807, 2.05) is 13.0 Å². The normalized spacial score (nSPS) is 11.5. The Bertz CT molecular complexity index is 611. The molecule has 0 aliphatic carbocycles. The zero-order chi connectivity index (χ0) is 15.1. The highest BCUT2D eigenvalue weighted by Gasteiger charge is 2.04. The molecule has 0 unspecified atom stereocenters. The van der Waals surface area contributed by atoms with Crippen LogP contribution < -0.4 is 10.6 Å². The van der Waals surface area contributed by atoms with E-state index in [1.54, 1.807) is 13.0 Å². The molecule has 112 valence electrons. The number of rotatable bonds is 5. The van der Waals surface area contributed by atoms with Crippen molar-refractivity contribution in [1.82, 2.24) is 20.8 Å². The average Bonchev–Trinajstić information content (AvgIpc) is 2.88. The van der Waals surface area contributed by atoms with Gasteiger partial charge in [0.05, 0.1) is 13.1 Å². The molecule has 0 aliphatic rings. The van der Waals surface area contributed by atoms with Gasteiger partial charge in [-0.3, -0.25) is 0 Å². The molecule has 0 saturated heterocycles. The second kappa shape index (κ2) is 7.37. The zero-order valence-corrected chi connectivity index (χ0v) is 12.1. The van der Waals surface area contributed by atoms with Gasteiger partial charge in [0.2, 0.25) is 5.89 Å². The summed E-state index contributed by atoms with van der Waals surface area (Å²) >= 11 is 0.